The number of aromatic nitrogens is 2. The van der Waals surface area contributed by atoms with E-state index in [0.717, 1.165) is 5.56 Å². The molecule has 21 heavy (non-hydrogen) atoms. The number of nitro groups is 1. The lowest BCUT2D eigenvalue weighted by Gasteiger charge is -2.17. The third-order valence-electron chi connectivity index (χ3n) is 4.03. The van der Waals surface area contributed by atoms with Crippen LogP contribution < -0.4 is 11.1 Å². The summed E-state index contributed by atoms with van der Waals surface area (Å²) in [7, 11) is 3.82. The predicted molar refractivity (Wildman–Crippen MR) is 76.7 cm³/mol. The molecule has 0 saturated carbocycles. The van der Waals surface area contributed by atoms with E-state index in [1.165, 1.54) is 6.07 Å². The molecule has 0 amide bonds. The van der Waals surface area contributed by atoms with E-state index in [2.05, 4.69) is 9.97 Å². The highest BCUT2D eigenvalue weighted by Gasteiger charge is 2.32. The topological polar surface area (TPSA) is 112 Å². The van der Waals surface area contributed by atoms with E-state index >= 15 is 0 Å². The number of aromatic amines is 2. The number of H-pyrrole nitrogens is 2. The first-order valence-corrected chi connectivity index (χ1v) is 6.50. The minimum absolute atomic E-state index is 0.00968. The van der Waals surface area contributed by atoms with Gasteiger partial charge in [0.05, 0.1) is 16.0 Å². The molecule has 2 aromatic rings. The molecule has 1 atom stereocenters. The molecule has 1 aromatic carbocycles. The molecule has 8 heteroatoms. The molecule has 1 aromatic heterocycles. The molecule has 2 N–H and O–H groups in total. The molecular formula is C13H14N4O4. The van der Waals surface area contributed by atoms with Crippen molar-refractivity contribution in [1.29, 1.82) is 0 Å². The molecule has 3 rings (SSSR count). The lowest BCUT2D eigenvalue weighted by atomic mass is 10.1. The molecule has 1 unspecified atom stereocenters. The van der Waals surface area contributed by atoms with Crippen molar-refractivity contribution in [2.75, 3.05) is 14.1 Å². The van der Waals surface area contributed by atoms with Gasteiger partial charge in [-0.05, 0) is 32.5 Å². The molecule has 8 nitrogen and oxygen atoms in total. The number of likely N-dealkylation sites (N-methyl/N-ethyl adjacent to an activating group) is 1. The van der Waals surface area contributed by atoms with Crippen molar-refractivity contribution in [3.05, 3.63) is 48.0 Å². The monoisotopic (exact) mass is 290 g/mol. The molecule has 1 heterocycles. The number of nitrogens with zero attached hydrogens (tertiary/aromatic N) is 2. The summed E-state index contributed by atoms with van der Waals surface area (Å²) >= 11 is 0. The van der Waals surface area contributed by atoms with Crippen LogP contribution in [0.5, 0.6) is 0 Å². The van der Waals surface area contributed by atoms with Crippen LogP contribution in [0.3, 0.4) is 0 Å². The maximum Gasteiger partial charge on any atom is 0.314 e. The Labute approximate surface area is 118 Å². The molecule has 0 aliphatic heterocycles. The number of benzene rings is 1. The Kier molecular flexibility index (Phi) is 2.91. The first-order valence-electron chi connectivity index (χ1n) is 6.50. The smallest absolute Gasteiger partial charge is 0.314 e. The highest BCUT2D eigenvalue weighted by atomic mass is 16.6. The van der Waals surface area contributed by atoms with Crippen molar-refractivity contribution in [1.82, 2.24) is 14.9 Å². The molecule has 0 fully saturated rings. The maximum atomic E-state index is 11.5. The number of fused-ring (bicyclic) bond motifs is 3. The molecule has 110 valence electrons. The quantitative estimate of drug-likeness (QED) is 0.464. The van der Waals surface area contributed by atoms with Gasteiger partial charge in [-0.3, -0.25) is 19.7 Å². The third kappa shape index (κ3) is 2.04. The third-order valence-corrected chi connectivity index (χ3v) is 4.03. The van der Waals surface area contributed by atoms with Gasteiger partial charge in [-0.1, -0.05) is 0 Å². The van der Waals surface area contributed by atoms with Gasteiger partial charge in [-0.2, -0.15) is 0 Å². The second-order valence-corrected chi connectivity index (χ2v) is 5.47. The number of nitro benzene ring substituents is 1. The summed E-state index contributed by atoms with van der Waals surface area (Å²) < 4.78 is 0. The molecule has 0 spiro atoms. The Morgan fingerprint density at radius 2 is 1.81 bits per heavy atom. The van der Waals surface area contributed by atoms with Crippen LogP contribution in [0.2, 0.25) is 0 Å². The number of nitrogens with one attached hydrogen (secondary N) is 2. The minimum Gasteiger partial charge on any atom is -0.316 e. The van der Waals surface area contributed by atoms with Gasteiger partial charge in [-0.25, -0.2) is 0 Å². The Hall–Kier alpha value is -2.48. The van der Waals surface area contributed by atoms with E-state index in [0.29, 0.717) is 29.4 Å². The van der Waals surface area contributed by atoms with E-state index in [-0.39, 0.29) is 11.7 Å². The van der Waals surface area contributed by atoms with Crippen molar-refractivity contribution in [3.8, 4) is 0 Å². The molecule has 0 radical (unpaired) electrons. The zero-order valence-corrected chi connectivity index (χ0v) is 11.6. The molecular weight excluding hydrogens is 276 g/mol. The predicted octanol–water partition coefficient (Wildman–Crippen LogP) is 0.153. The normalized spacial score (nSPS) is 17.4. The summed E-state index contributed by atoms with van der Waals surface area (Å²) in [6.07, 6.45) is 1.15. The average Bonchev–Trinajstić information content (AvgIpc) is 2.84. The van der Waals surface area contributed by atoms with Gasteiger partial charge in [0.1, 0.15) is 0 Å². The highest BCUT2D eigenvalue weighted by molar-refractivity contribution is 5.83. The number of hydrogen-bond acceptors (Lipinski definition) is 5. The maximum absolute atomic E-state index is 11.5. The fourth-order valence-corrected chi connectivity index (χ4v) is 2.88. The molecule has 1 aliphatic rings. The van der Waals surface area contributed by atoms with Crippen LogP contribution in [0.15, 0.2) is 15.7 Å². The van der Waals surface area contributed by atoms with Crippen LogP contribution in [-0.2, 0) is 12.8 Å². The second-order valence-electron chi connectivity index (χ2n) is 5.47. The summed E-state index contributed by atoms with van der Waals surface area (Å²) in [6, 6.07) is 1.46. The standard InChI is InChI=1S/C13H14N4O4/c1-16(2)6-3-7-8(4-6)11-9(5-10(7)17(20)21)14-12(18)13(19)15-11/h5-6H,3-4H2,1-2H3,(H,14,18)(H,15,19). The van der Waals surface area contributed by atoms with E-state index in [4.69, 9.17) is 0 Å². The van der Waals surface area contributed by atoms with E-state index in [9.17, 15) is 19.7 Å². The summed E-state index contributed by atoms with van der Waals surface area (Å²) in [5.41, 5.74) is 0.601. The second kappa shape index (κ2) is 4.52. The minimum atomic E-state index is -0.807. The van der Waals surface area contributed by atoms with Crippen molar-refractivity contribution < 1.29 is 4.92 Å². The van der Waals surface area contributed by atoms with Gasteiger partial charge < -0.3 is 14.9 Å². The summed E-state index contributed by atoms with van der Waals surface area (Å²) in [5.74, 6) is 0. The van der Waals surface area contributed by atoms with E-state index in [1.807, 2.05) is 19.0 Å². The summed E-state index contributed by atoms with van der Waals surface area (Å²) in [4.78, 5) is 40.7. The van der Waals surface area contributed by atoms with Crippen LogP contribution in [0.4, 0.5) is 5.69 Å². The van der Waals surface area contributed by atoms with E-state index < -0.39 is 16.0 Å². The van der Waals surface area contributed by atoms with Gasteiger partial charge in [0, 0.05) is 17.7 Å². The van der Waals surface area contributed by atoms with Crippen LogP contribution in [0, 0.1) is 10.1 Å². The zero-order valence-electron chi connectivity index (χ0n) is 11.6. The van der Waals surface area contributed by atoms with Crippen LogP contribution >= 0.6 is 0 Å². The van der Waals surface area contributed by atoms with Gasteiger partial charge in [0.25, 0.3) is 5.69 Å². The summed E-state index contributed by atoms with van der Waals surface area (Å²) in [6.45, 7) is 0. The van der Waals surface area contributed by atoms with Crippen molar-refractivity contribution >= 4 is 16.7 Å². The van der Waals surface area contributed by atoms with Crippen molar-refractivity contribution in [3.63, 3.8) is 0 Å². The first kappa shape index (κ1) is 13.5. The zero-order chi connectivity index (χ0) is 15.3. The van der Waals surface area contributed by atoms with Crippen LogP contribution in [-0.4, -0.2) is 39.9 Å². The van der Waals surface area contributed by atoms with E-state index in [1.54, 1.807) is 0 Å². The van der Waals surface area contributed by atoms with Gasteiger partial charge in [0.15, 0.2) is 0 Å². The Morgan fingerprint density at radius 3 is 2.43 bits per heavy atom. The molecule has 1 aliphatic carbocycles. The molecule has 0 bridgehead atoms. The number of rotatable bonds is 2. The lowest BCUT2D eigenvalue weighted by Crippen LogP contribution is -2.29. The van der Waals surface area contributed by atoms with Crippen molar-refractivity contribution in [2.45, 2.75) is 18.9 Å². The van der Waals surface area contributed by atoms with Gasteiger partial charge in [-0.15, -0.1) is 0 Å². The average molecular weight is 290 g/mol. The van der Waals surface area contributed by atoms with Crippen LogP contribution in [0.25, 0.3) is 11.0 Å². The Balaban J connectivity index is 2.35. The highest BCUT2D eigenvalue weighted by Crippen LogP contribution is 2.36. The van der Waals surface area contributed by atoms with Crippen LogP contribution in [0.1, 0.15) is 11.1 Å². The first-order chi connectivity index (χ1) is 9.88. The van der Waals surface area contributed by atoms with Gasteiger partial charge >= 0.3 is 11.1 Å². The fourth-order valence-electron chi connectivity index (χ4n) is 2.88. The lowest BCUT2D eigenvalue weighted by molar-refractivity contribution is -0.385. The Morgan fingerprint density at radius 1 is 1.19 bits per heavy atom. The molecule has 0 saturated heterocycles. The Bertz CT molecular complexity index is 865. The SMILES string of the molecule is CN(C)C1Cc2c([N+](=O)[O-])cc3[nH]c(=O)c(=O)[nH]c3c2C1. The largest absolute Gasteiger partial charge is 0.316 e. The van der Waals surface area contributed by atoms with Gasteiger partial charge in [0.2, 0.25) is 0 Å². The summed E-state index contributed by atoms with van der Waals surface area (Å²) in [5, 5.41) is 11.3. The van der Waals surface area contributed by atoms with Crippen molar-refractivity contribution in [2.24, 2.45) is 0 Å². The number of hydrogen-bond donors (Lipinski definition) is 2. The fraction of sp³-hybridized carbons (Fsp3) is 0.385.